The maximum Gasteiger partial charge on any atom is 0.401 e. The van der Waals surface area contributed by atoms with Crippen molar-refractivity contribution in [3.8, 4) is 0 Å². The predicted molar refractivity (Wildman–Crippen MR) is 76.2 cm³/mol. The second kappa shape index (κ2) is 8.03. The number of aliphatic imine (C=N–C) groups is 1. The summed E-state index contributed by atoms with van der Waals surface area (Å²) in [5.74, 6) is 0.325. The van der Waals surface area contributed by atoms with Crippen LogP contribution in [0.15, 0.2) is 4.99 Å². The number of likely N-dealkylation sites (tertiary alicyclic amines) is 1. The van der Waals surface area contributed by atoms with E-state index in [1.165, 1.54) is 4.90 Å². The Bertz CT molecular complexity index is 270. The summed E-state index contributed by atoms with van der Waals surface area (Å²) in [6, 6.07) is -0.0297. The van der Waals surface area contributed by atoms with Crippen molar-refractivity contribution < 1.29 is 13.2 Å². The van der Waals surface area contributed by atoms with E-state index in [2.05, 4.69) is 10.3 Å². The fourth-order valence-corrected chi connectivity index (χ4v) is 1.83. The molecule has 3 N–H and O–H groups in total. The zero-order valence-corrected chi connectivity index (χ0v) is 12.7. The molecule has 1 rings (SSSR count). The lowest BCUT2D eigenvalue weighted by Gasteiger charge is -2.18. The van der Waals surface area contributed by atoms with Gasteiger partial charge in [-0.3, -0.25) is 9.89 Å². The van der Waals surface area contributed by atoms with Crippen LogP contribution in [0.25, 0.3) is 0 Å². The van der Waals surface area contributed by atoms with E-state index in [0.29, 0.717) is 32.0 Å². The third-order valence-corrected chi connectivity index (χ3v) is 2.53. The van der Waals surface area contributed by atoms with Gasteiger partial charge < -0.3 is 11.1 Å². The van der Waals surface area contributed by atoms with E-state index in [9.17, 15) is 13.2 Å². The highest BCUT2D eigenvalue weighted by atomic mass is 127. The van der Waals surface area contributed by atoms with Gasteiger partial charge in [-0.2, -0.15) is 13.2 Å². The highest BCUT2D eigenvalue weighted by Gasteiger charge is 2.34. The smallest absolute Gasteiger partial charge is 0.370 e. The molecule has 1 aliphatic rings. The van der Waals surface area contributed by atoms with Crippen molar-refractivity contribution in [3.63, 3.8) is 0 Å². The van der Waals surface area contributed by atoms with Crippen molar-refractivity contribution in [2.75, 3.05) is 26.2 Å². The summed E-state index contributed by atoms with van der Waals surface area (Å²) in [7, 11) is 0. The van der Waals surface area contributed by atoms with Gasteiger partial charge in [-0.05, 0) is 12.8 Å². The van der Waals surface area contributed by atoms with E-state index in [1.54, 1.807) is 0 Å². The van der Waals surface area contributed by atoms with Crippen LogP contribution < -0.4 is 11.1 Å². The molecular formula is C10H20F3IN4. The highest BCUT2D eigenvalue weighted by Crippen LogP contribution is 2.19. The Morgan fingerprint density at radius 1 is 1.50 bits per heavy atom. The predicted octanol–water partition coefficient (Wildman–Crippen LogP) is 1.56. The van der Waals surface area contributed by atoms with E-state index in [0.717, 1.165) is 6.42 Å². The van der Waals surface area contributed by atoms with E-state index in [4.69, 9.17) is 5.73 Å². The van der Waals surface area contributed by atoms with Gasteiger partial charge in [0, 0.05) is 25.7 Å². The molecule has 0 saturated carbocycles. The lowest BCUT2D eigenvalue weighted by Crippen LogP contribution is -2.42. The van der Waals surface area contributed by atoms with Gasteiger partial charge in [0.1, 0.15) is 0 Å². The third-order valence-electron chi connectivity index (χ3n) is 2.53. The molecule has 1 saturated heterocycles. The molecule has 4 nitrogen and oxygen atoms in total. The van der Waals surface area contributed by atoms with E-state index in [-0.39, 0.29) is 30.0 Å². The number of guanidine groups is 1. The first-order chi connectivity index (χ1) is 7.90. The van der Waals surface area contributed by atoms with Gasteiger partial charge in [0.2, 0.25) is 0 Å². The number of nitrogens with zero attached hydrogens (tertiary/aromatic N) is 2. The normalized spacial score (nSPS) is 21.8. The molecule has 8 heteroatoms. The fraction of sp³-hybridized carbons (Fsp3) is 0.900. The van der Waals surface area contributed by atoms with Crippen molar-refractivity contribution in [2.24, 2.45) is 10.7 Å². The molecule has 1 unspecified atom stereocenters. The zero-order chi connectivity index (χ0) is 12.9. The Labute approximate surface area is 122 Å². The number of hydrogen-bond acceptors (Lipinski definition) is 2. The van der Waals surface area contributed by atoms with Gasteiger partial charge in [-0.1, -0.05) is 6.92 Å². The van der Waals surface area contributed by atoms with Gasteiger partial charge >= 0.3 is 6.18 Å². The summed E-state index contributed by atoms with van der Waals surface area (Å²) < 4.78 is 36.5. The largest absolute Gasteiger partial charge is 0.401 e. The molecule has 0 aromatic rings. The first kappa shape index (κ1) is 17.8. The van der Waals surface area contributed by atoms with Crippen LogP contribution in [-0.4, -0.2) is 49.3 Å². The Balaban J connectivity index is 0.00000289. The molecule has 1 atom stereocenters. The van der Waals surface area contributed by atoms with Crippen molar-refractivity contribution in [2.45, 2.75) is 32.0 Å². The summed E-state index contributed by atoms with van der Waals surface area (Å²) in [4.78, 5) is 5.43. The lowest BCUT2D eigenvalue weighted by atomic mass is 10.3. The first-order valence-electron chi connectivity index (χ1n) is 5.76. The minimum absolute atomic E-state index is 0. The summed E-state index contributed by atoms with van der Waals surface area (Å²) >= 11 is 0. The van der Waals surface area contributed by atoms with Crippen molar-refractivity contribution in [1.82, 2.24) is 10.2 Å². The standard InChI is InChI=1S/C10H19F3N4.HI/c1-2-4-15-9(14)16-8-3-5-17(6-8)7-10(11,12)13;/h8H,2-7H2,1H3,(H3,14,15,16);1H. The maximum absolute atomic E-state index is 12.2. The zero-order valence-electron chi connectivity index (χ0n) is 10.3. The van der Waals surface area contributed by atoms with Crippen molar-refractivity contribution in [3.05, 3.63) is 0 Å². The summed E-state index contributed by atoms with van der Waals surface area (Å²) in [6.07, 6.45) is -2.57. The Morgan fingerprint density at radius 2 is 2.17 bits per heavy atom. The van der Waals surface area contributed by atoms with Crippen molar-refractivity contribution in [1.29, 1.82) is 0 Å². The first-order valence-corrected chi connectivity index (χ1v) is 5.76. The quantitative estimate of drug-likeness (QED) is 0.442. The molecule has 0 aliphatic carbocycles. The molecule has 0 aromatic carbocycles. The monoisotopic (exact) mass is 380 g/mol. The van der Waals surface area contributed by atoms with Gasteiger partial charge in [-0.25, -0.2) is 0 Å². The van der Waals surface area contributed by atoms with Crippen molar-refractivity contribution >= 4 is 29.9 Å². The van der Waals surface area contributed by atoms with Gasteiger partial charge in [0.05, 0.1) is 6.54 Å². The topological polar surface area (TPSA) is 53.6 Å². The van der Waals surface area contributed by atoms with E-state index in [1.807, 2.05) is 6.92 Å². The highest BCUT2D eigenvalue weighted by molar-refractivity contribution is 14.0. The van der Waals surface area contributed by atoms with Crippen LogP contribution >= 0.6 is 24.0 Å². The van der Waals surface area contributed by atoms with Crippen LogP contribution in [0.1, 0.15) is 19.8 Å². The van der Waals surface area contributed by atoms with Crippen LogP contribution in [0.5, 0.6) is 0 Å². The molecule has 1 fully saturated rings. The van der Waals surface area contributed by atoms with Gasteiger partial charge in [-0.15, -0.1) is 24.0 Å². The number of rotatable bonds is 4. The average molecular weight is 380 g/mol. The Morgan fingerprint density at radius 3 is 2.72 bits per heavy atom. The van der Waals surface area contributed by atoms with Crippen LogP contribution in [0.2, 0.25) is 0 Å². The average Bonchev–Trinajstić information content (AvgIpc) is 2.59. The second-order valence-electron chi connectivity index (χ2n) is 4.25. The number of hydrogen-bond donors (Lipinski definition) is 2. The number of halogens is 4. The summed E-state index contributed by atoms with van der Waals surface area (Å²) in [5.41, 5.74) is 5.61. The van der Waals surface area contributed by atoms with E-state index < -0.39 is 12.7 Å². The number of alkyl halides is 3. The summed E-state index contributed by atoms with van der Waals surface area (Å²) in [6.45, 7) is 2.58. The molecule has 108 valence electrons. The molecular weight excluding hydrogens is 360 g/mol. The van der Waals surface area contributed by atoms with E-state index >= 15 is 0 Å². The fourth-order valence-electron chi connectivity index (χ4n) is 1.83. The SMILES string of the molecule is CCCN=C(N)NC1CCN(CC(F)(F)F)C1.I. The van der Waals surface area contributed by atoms with Crippen LogP contribution in [0.4, 0.5) is 13.2 Å². The van der Waals surface area contributed by atoms with Gasteiger partial charge in [0.15, 0.2) is 5.96 Å². The molecule has 18 heavy (non-hydrogen) atoms. The Hall–Kier alpha value is -0.250. The minimum atomic E-state index is -4.13. The molecule has 0 aromatic heterocycles. The molecule has 0 amide bonds. The molecule has 1 heterocycles. The maximum atomic E-state index is 12.2. The van der Waals surface area contributed by atoms with Crippen LogP contribution in [0, 0.1) is 0 Å². The molecule has 1 aliphatic heterocycles. The van der Waals surface area contributed by atoms with Gasteiger partial charge in [0.25, 0.3) is 0 Å². The number of nitrogens with one attached hydrogen (secondary N) is 1. The summed E-state index contributed by atoms with van der Waals surface area (Å²) in [5, 5.41) is 2.95. The number of nitrogens with two attached hydrogens (primary N) is 1. The van der Waals surface area contributed by atoms with Crippen LogP contribution in [0.3, 0.4) is 0 Å². The lowest BCUT2D eigenvalue weighted by molar-refractivity contribution is -0.143. The molecule has 0 spiro atoms. The second-order valence-corrected chi connectivity index (χ2v) is 4.25. The van der Waals surface area contributed by atoms with Crippen LogP contribution in [-0.2, 0) is 0 Å². The molecule has 0 radical (unpaired) electrons. The Kier molecular flexibility index (Phi) is 7.92. The molecule has 0 bridgehead atoms. The minimum Gasteiger partial charge on any atom is -0.370 e. The third kappa shape index (κ3) is 7.24.